The molecule has 68 valence electrons. The molecule has 0 aliphatic heterocycles. The fourth-order valence-electron chi connectivity index (χ4n) is 1.22. The van der Waals surface area contributed by atoms with Crippen LogP contribution in [0.1, 0.15) is 19.1 Å². The Labute approximate surface area is 80.7 Å². The van der Waals surface area contributed by atoms with Crippen LogP contribution in [0.15, 0.2) is 16.7 Å². The van der Waals surface area contributed by atoms with E-state index in [-0.39, 0.29) is 0 Å². The molecule has 0 N–H and O–H groups in total. The van der Waals surface area contributed by atoms with E-state index in [9.17, 15) is 0 Å². The topological polar surface area (TPSA) is 38.9 Å². The fourth-order valence-corrected chi connectivity index (χ4v) is 1.36. The first kappa shape index (κ1) is 8.51. The first-order valence-electron chi connectivity index (χ1n) is 4.20. The Morgan fingerprint density at radius 2 is 2.38 bits per heavy atom. The highest BCUT2D eigenvalue weighted by atomic mass is 35.5. The molecule has 0 fully saturated rings. The summed E-state index contributed by atoms with van der Waals surface area (Å²) < 4.78 is 5.43. The molecule has 13 heavy (non-hydrogen) atoms. The lowest BCUT2D eigenvalue weighted by atomic mass is 10.3. The Kier molecular flexibility index (Phi) is 2.19. The van der Waals surface area contributed by atoms with Crippen LogP contribution in [-0.2, 0) is 6.42 Å². The van der Waals surface area contributed by atoms with Crippen LogP contribution < -0.4 is 0 Å². The number of hydrogen-bond acceptors (Lipinski definition) is 3. The standard InChI is InChI=1S/C9H9ClN2O/c1-2-3-6-4-7-9(13-6)11-5-8(10)12-7/h4-5H,2-3H2,1H3. The molecular formula is C9H9ClN2O. The summed E-state index contributed by atoms with van der Waals surface area (Å²) in [5.41, 5.74) is 1.30. The minimum absolute atomic E-state index is 0.399. The van der Waals surface area contributed by atoms with E-state index in [0.717, 1.165) is 24.1 Å². The molecular weight excluding hydrogens is 188 g/mol. The van der Waals surface area contributed by atoms with Crippen LogP contribution in [-0.4, -0.2) is 9.97 Å². The van der Waals surface area contributed by atoms with Gasteiger partial charge in [-0.25, -0.2) is 9.97 Å². The van der Waals surface area contributed by atoms with Gasteiger partial charge in [-0.05, 0) is 6.42 Å². The summed E-state index contributed by atoms with van der Waals surface area (Å²) >= 11 is 5.69. The van der Waals surface area contributed by atoms with Gasteiger partial charge in [0.15, 0.2) is 0 Å². The maximum absolute atomic E-state index is 5.69. The van der Waals surface area contributed by atoms with Crippen molar-refractivity contribution < 1.29 is 4.42 Å². The zero-order valence-corrected chi connectivity index (χ0v) is 8.01. The molecule has 0 unspecified atom stereocenters. The van der Waals surface area contributed by atoms with Crippen molar-refractivity contribution in [2.24, 2.45) is 0 Å². The van der Waals surface area contributed by atoms with E-state index in [0.29, 0.717) is 10.9 Å². The number of furan rings is 1. The lowest BCUT2D eigenvalue weighted by Gasteiger charge is -1.87. The molecule has 0 aliphatic carbocycles. The van der Waals surface area contributed by atoms with Gasteiger partial charge in [-0.3, -0.25) is 0 Å². The average molecular weight is 197 g/mol. The van der Waals surface area contributed by atoms with Gasteiger partial charge in [-0.2, -0.15) is 0 Å². The van der Waals surface area contributed by atoms with Crippen LogP contribution >= 0.6 is 11.6 Å². The number of nitrogens with zero attached hydrogens (tertiary/aromatic N) is 2. The second-order valence-corrected chi connectivity index (χ2v) is 3.23. The molecule has 2 rings (SSSR count). The average Bonchev–Trinajstić information content (AvgIpc) is 2.46. The van der Waals surface area contributed by atoms with Crippen molar-refractivity contribution in [2.75, 3.05) is 0 Å². The number of fused-ring (bicyclic) bond motifs is 1. The predicted octanol–water partition coefficient (Wildman–Crippen LogP) is 2.83. The summed E-state index contributed by atoms with van der Waals surface area (Å²) in [5.74, 6) is 0.916. The van der Waals surface area contributed by atoms with Crippen molar-refractivity contribution in [2.45, 2.75) is 19.8 Å². The van der Waals surface area contributed by atoms with Crippen molar-refractivity contribution in [1.29, 1.82) is 0 Å². The molecule has 0 saturated heterocycles. The second kappa shape index (κ2) is 3.34. The molecule has 0 atom stereocenters. The Morgan fingerprint density at radius 1 is 1.54 bits per heavy atom. The van der Waals surface area contributed by atoms with Gasteiger partial charge in [-0.15, -0.1) is 0 Å². The third-order valence-electron chi connectivity index (χ3n) is 1.76. The van der Waals surface area contributed by atoms with Crippen molar-refractivity contribution >= 4 is 22.8 Å². The summed E-state index contributed by atoms with van der Waals surface area (Å²) in [4.78, 5) is 8.11. The maximum Gasteiger partial charge on any atom is 0.245 e. The van der Waals surface area contributed by atoms with Gasteiger partial charge in [0.1, 0.15) is 16.4 Å². The lowest BCUT2D eigenvalue weighted by Crippen LogP contribution is -1.77. The van der Waals surface area contributed by atoms with E-state index in [1.807, 2.05) is 6.07 Å². The SMILES string of the molecule is CCCc1cc2nc(Cl)cnc2o1. The van der Waals surface area contributed by atoms with Crippen LogP contribution in [0.25, 0.3) is 11.2 Å². The van der Waals surface area contributed by atoms with Gasteiger partial charge in [0.2, 0.25) is 5.71 Å². The van der Waals surface area contributed by atoms with E-state index in [2.05, 4.69) is 16.9 Å². The normalized spacial score (nSPS) is 10.9. The second-order valence-electron chi connectivity index (χ2n) is 2.85. The van der Waals surface area contributed by atoms with Gasteiger partial charge in [-0.1, -0.05) is 18.5 Å². The Balaban J connectivity index is 2.49. The Morgan fingerprint density at radius 3 is 3.15 bits per heavy atom. The highest BCUT2D eigenvalue weighted by molar-refractivity contribution is 6.29. The summed E-state index contributed by atoms with van der Waals surface area (Å²) in [6.07, 6.45) is 3.45. The maximum atomic E-state index is 5.69. The van der Waals surface area contributed by atoms with Crippen molar-refractivity contribution in [1.82, 2.24) is 9.97 Å². The molecule has 0 aliphatic rings. The smallest absolute Gasteiger partial charge is 0.245 e. The van der Waals surface area contributed by atoms with Gasteiger partial charge in [0.05, 0.1) is 6.20 Å². The minimum atomic E-state index is 0.399. The van der Waals surface area contributed by atoms with Crippen LogP contribution in [0.3, 0.4) is 0 Å². The molecule has 0 aromatic carbocycles. The van der Waals surface area contributed by atoms with Crippen LogP contribution in [0, 0.1) is 0 Å². The highest BCUT2D eigenvalue weighted by Gasteiger charge is 2.05. The summed E-state index contributed by atoms with van der Waals surface area (Å²) in [7, 11) is 0. The van der Waals surface area contributed by atoms with Gasteiger partial charge >= 0.3 is 0 Å². The Hall–Kier alpha value is -1.09. The van der Waals surface area contributed by atoms with Gasteiger partial charge in [0, 0.05) is 12.5 Å². The zero-order chi connectivity index (χ0) is 9.26. The quantitative estimate of drug-likeness (QED) is 0.742. The van der Waals surface area contributed by atoms with E-state index < -0.39 is 0 Å². The van der Waals surface area contributed by atoms with E-state index in [1.54, 1.807) is 0 Å². The molecule has 3 nitrogen and oxygen atoms in total. The first-order valence-corrected chi connectivity index (χ1v) is 4.58. The fraction of sp³-hybridized carbons (Fsp3) is 0.333. The first-order chi connectivity index (χ1) is 6.29. The molecule has 2 aromatic heterocycles. The molecule has 0 saturated carbocycles. The van der Waals surface area contributed by atoms with Gasteiger partial charge < -0.3 is 4.42 Å². The summed E-state index contributed by atoms with van der Waals surface area (Å²) in [6, 6.07) is 1.89. The highest BCUT2D eigenvalue weighted by Crippen LogP contribution is 2.17. The molecule has 0 bridgehead atoms. The largest absolute Gasteiger partial charge is 0.441 e. The van der Waals surface area contributed by atoms with E-state index in [1.165, 1.54) is 6.20 Å². The number of halogens is 1. The van der Waals surface area contributed by atoms with Crippen LogP contribution in [0.4, 0.5) is 0 Å². The van der Waals surface area contributed by atoms with Crippen LogP contribution in [0.2, 0.25) is 5.15 Å². The Bertz CT molecular complexity index is 424. The monoisotopic (exact) mass is 196 g/mol. The lowest BCUT2D eigenvalue weighted by molar-refractivity contribution is 0.535. The number of aryl methyl sites for hydroxylation is 1. The molecule has 0 amide bonds. The summed E-state index contributed by atoms with van der Waals surface area (Å²) in [6.45, 7) is 2.10. The van der Waals surface area contributed by atoms with Gasteiger partial charge in [0.25, 0.3) is 0 Å². The predicted molar refractivity (Wildman–Crippen MR) is 50.8 cm³/mol. The minimum Gasteiger partial charge on any atom is -0.441 e. The van der Waals surface area contributed by atoms with Crippen molar-refractivity contribution in [3.8, 4) is 0 Å². The molecule has 0 radical (unpaired) electrons. The molecule has 4 heteroatoms. The third kappa shape index (κ3) is 1.65. The summed E-state index contributed by atoms with van der Waals surface area (Å²) in [5, 5.41) is 0.399. The molecule has 2 aromatic rings. The zero-order valence-electron chi connectivity index (χ0n) is 7.25. The third-order valence-corrected chi connectivity index (χ3v) is 1.94. The number of rotatable bonds is 2. The number of hydrogen-bond donors (Lipinski definition) is 0. The molecule has 0 spiro atoms. The van der Waals surface area contributed by atoms with Crippen molar-refractivity contribution in [3.63, 3.8) is 0 Å². The van der Waals surface area contributed by atoms with Crippen molar-refractivity contribution in [3.05, 3.63) is 23.2 Å². The van der Waals surface area contributed by atoms with Crippen LogP contribution in [0.5, 0.6) is 0 Å². The number of aromatic nitrogens is 2. The van der Waals surface area contributed by atoms with E-state index >= 15 is 0 Å². The van der Waals surface area contributed by atoms with E-state index in [4.69, 9.17) is 16.0 Å². The molecule has 2 heterocycles.